The molecule has 0 saturated heterocycles. The van der Waals surface area contributed by atoms with Crippen LogP contribution in [-0.4, -0.2) is 15.0 Å². The molecule has 0 radical (unpaired) electrons. The fourth-order valence-corrected chi connectivity index (χ4v) is 1.53. The van der Waals surface area contributed by atoms with Crippen molar-refractivity contribution >= 4 is 27.5 Å². The number of para-hydroxylation sites is 1. The van der Waals surface area contributed by atoms with Gasteiger partial charge in [-0.2, -0.15) is 5.10 Å². The average Bonchev–Trinajstić information content (AvgIpc) is 2.53. The Bertz CT molecular complexity index is 427. The van der Waals surface area contributed by atoms with E-state index in [4.69, 9.17) is 11.6 Å². The number of halogens is 2. The maximum atomic E-state index is 5.65. The van der Waals surface area contributed by atoms with Gasteiger partial charge in [-0.25, -0.2) is 0 Å². The van der Waals surface area contributed by atoms with Crippen LogP contribution in [0.3, 0.4) is 0 Å². The monoisotopic (exact) mass is 257 g/mol. The van der Waals surface area contributed by atoms with Crippen LogP contribution in [0.2, 0.25) is 5.15 Å². The third-order valence-electron chi connectivity index (χ3n) is 1.53. The van der Waals surface area contributed by atoms with E-state index in [9.17, 15) is 0 Å². The summed E-state index contributed by atoms with van der Waals surface area (Å²) >= 11 is 9.05. The Labute approximate surface area is 88.5 Å². The molecule has 0 unspecified atom stereocenters. The molecule has 0 amide bonds. The molecule has 2 rings (SSSR count). The van der Waals surface area contributed by atoms with Crippen molar-refractivity contribution in [2.24, 2.45) is 0 Å². The summed E-state index contributed by atoms with van der Waals surface area (Å²) in [5.41, 5.74) is 0.870. The molecular weight excluding hydrogens is 253 g/mol. The lowest BCUT2D eigenvalue weighted by molar-refractivity contribution is 0.749. The summed E-state index contributed by atoms with van der Waals surface area (Å²) in [6, 6.07) is 7.67. The summed E-state index contributed by atoms with van der Waals surface area (Å²) in [6.07, 6.45) is 1.50. The smallest absolute Gasteiger partial charge is 0.155 e. The van der Waals surface area contributed by atoms with Crippen molar-refractivity contribution < 1.29 is 0 Å². The van der Waals surface area contributed by atoms with E-state index in [2.05, 4.69) is 26.1 Å². The highest BCUT2D eigenvalue weighted by Gasteiger charge is 2.03. The zero-order chi connectivity index (χ0) is 9.26. The van der Waals surface area contributed by atoms with Crippen molar-refractivity contribution in [1.82, 2.24) is 15.0 Å². The first-order valence-electron chi connectivity index (χ1n) is 3.60. The second-order valence-electron chi connectivity index (χ2n) is 2.41. The summed E-state index contributed by atoms with van der Waals surface area (Å²) < 4.78 is 0.933. The maximum Gasteiger partial charge on any atom is 0.171 e. The van der Waals surface area contributed by atoms with Gasteiger partial charge in [-0.1, -0.05) is 23.7 Å². The standard InChI is InChI=1S/C8H5BrClN3/c9-6-3-1-2-4-7(6)13-11-5-8(10)12-13/h1-5H. The van der Waals surface area contributed by atoms with Gasteiger partial charge < -0.3 is 0 Å². The van der Waals surface area contributed by atoms with Crippen LogP contribution in [0.15, 0.2) is 34.9 Å². The fraction of sp³-hybridized carbons (Fsp3) is 0. The van der Waals surface area contributed by atoms with E-state index in [1.807, 2.05) is 24.3 Å². The van der Waals surface area contributed by atoms with Gasteiger partial charge in [0.2, 0.25) is 0 Å². The summed E-state index contributed by atoms with van der Waals surface area (Å²) in [6.45, 7) is 0. The molecule has 3 nitrogen and oxygen atoms in total. The van der Waals surface area contributed by atoms with Crippen LogP contribution in [0.4, 0.5) is 0 Å². The highest BCUT2D eigenvalue weighted by molar-refractivity contribution is 9.10. The van der Waals surface area contributed by atoms with E-state index in [1.165, 1.54) is 11.0 Å². The molecule has 0 aliphatic heterocycles. The van der Waals surface area contributed by atoms with Gasteiger partial charge in [-0.3, -0.25) is 0 Å². The van der Waals surface area contributed by atoms with Gasteiger partial charge in [0.25, 0.3) is 0 Å². The minimum Gasteiger partial charge on any atom is -0.155 e. The molecule has 5 heteroatoms. The molecule has 0 saturated carbocycles. The van der Waals surface area contributed by atoms with Crippen LogP contribution in [-0.2, 0) is 0 Å². The Hall–Kier alpha value is -0.870. The number of benzene rings is 1. The zero-order valence-electron chi connectivity index (χ0n) is 6.48. The fourth-order valence-electron chi connectivity index (χ4n) is 0.974. The summed E-state index contributed by atoms with van der Waals surface area (Å²) in [5.74, 6) is 0. The summed E-state index contributed by atoms with van der Waals surface area (Å²) in [4.78, 5) is 1.48. The number of hydrogen-bond acceptors (Lipinski definition) is 2. The van der Waals surface area contributed by atoms with Crippen LogP contribution in [0, 0.1) is 0 Å². The topological polar surface area (TPSA) is 30.7 Å². The maximum absolute atomic E-state index is 5.65. The van der Waals surface area contributed by atoms with E-state index >= 15 is 0 Å². The van der Waals surface area contributed by atoms with Crippen molar-refractivity contribution in [3.05, 3.63) is 40.1 Å². The average molecular weight is 259 g/mol. The Morgan fingerprint density at radius 2 is 2.08 bits per heavy atom. The highest BCUT2D eigenvalue weighted by atomic mass is 79.9. The largest absolute Gasteiger partial charge is 0.171 e. The summed E-state index contributed by atoms with van der Waals surface area (Å²) in [7, 11) is 0. The first-order chi connectivity index (χ1) is 6.27. The molecule has 0 aliphatic carbocycles. The Morgan fingerprint density at radius 1 is 1.31 bits per heavy atom. The van der Waals surface area contributed by atoms with E-state index in [1.54, 1.807) is 0 Å². The van der Waals surface area contributed by atoms with Gasteiger partial charge in [0.1, 0.15) is 0 Å². The number of aromatic nitrogens is 3. The molecule has 1 aromatic heterocycles. The van der Waals surface area contributed by atoms with Crippen molar-refractivity contribution in [2.45, 2.75) is 0 Å². The molecule has 0 aliphatic rings. The van der Waals surface area contributed by atoms with Crippen LogP contribution >= 0.6 is 27.5 Å². The molecule has 1 aromatic carbocycles. The number of rotatable bonds is 1. The van der Waals surface area contributed by atoms with E-state index in [-0.39, 0.29) is 0 Å². The predicted molar refractivity (Wildman–Crippen MR) is 54.1 cm³/mol. The lowest BCUT2D eigenvalue weighted by Gasteiger charge is -2.00. The first-order valence-corrected chi connectivity index (χ1v) is 4.77. The van der Waals surface area contributed by atoms with Gasteiger partial charge in [0, 0.05) is 4.47 Å². The molecule has 0 fully saturated rings. The van der Waals surface area contributed by atoms with Gasteiger partial charge in [-0.15, -0.1) is 9.90 Å². The van der Waals surface area contributed by atoms with Gasteiger partial charge in [0.15, 0.2) is 5.15 Å². The Balaban J connectivity index is 2.52. The van der Waals surface area contributed by atoms with Crippen LogP contribution < -0.4 is 0 Å². The van der Waals surface area contributed by atoms with Gasteiger partial charge >= 0.3 is 0 Å². The zero-order valence-corrected chi connectivity index (χ0v) is 8.83. The van der Waals surface area contributed by atoms with Crippen molar-refractivity contribution in [3.8, 4) is 5.69 Å². The minimum absolute atomic E-state index is 0.385. The number of hydrogen-bond donors (Lipinski definition) is 0. The van der Waals surface area contributed by atoms with Crippen LogP contribution in [0.25, 0.3) is 5.69 Å². The van der Waals surface area contributed by atoms with Crippen LogP contribution in [0.5, 0.6) is 0 Å². The highest BCUT2D eigenvalue weighted by Crippen LogP contribution is 2.19. The normalized spacial score (nSPS) is 10.3. The van der Waals surface area contributed by atoms with Gasteiger partial charge in [0.05, 0.1) is 11.9 Å². The Kier molecular flexibility index (Phi) is 2.33. The summed E-state index contributed by atoms with van der Waals surface area (Å²) in [5, 5.41) is 8.36. The molecule has 0 atom stereocenters. The molecule has 13 heavy (non-hydrogen) atoms. The SMILES string of the molecule is Clc1cnn(-c2ccccc2Br)n1. The predicted octanol–water partition coefficient (Wildman–Crippen LogP) is 2.68. The van der Waals surface area contributed by atoms with Crippen molar-refractivity contribution in [1.29, 1.82) is 0 Å². The van der Waals surface area contributed by atoms with Crippen molar-refractivity contribution in [2.75, 3.05) is 0 Å². The second-order valence-corrected chi connectivity index (χ2v) is 3.65. The van der Waals surface area contributed by atoms with Crippen LogP contribution in [0.1, 0.15) is 0 Å². The van der Waals surface area contributed by atoms with E-state index in [0.29, 0.717) is 5.15 Å². The third kappa shape index (κ3) is 1.73. The molecule has 0 bridgehead atoms. The minimum atomic E-state index is 0.385. The van der Waals surface area contributed by atoms with Crippen molar-refractivity contribution in [3.63, 3.8) is 0 Å². The van der Waals surface area contributed by atoms with E-state index in [0.717, 1.165) is 10.2 Å². The third-order valence-corrected chi connectivity index (χ3v) is 2.38. The number of nitrogens with zero attached hydrogens (tertiary/aromatic N) is 3. The molecule has 0 spiro atoms. The second kappa shape index (κ2) is 3.47. The molecular formula is C8H5BrClN3. The first kappa shape index (κ1) is 8.72. The molecule has 66 valence electrons. The Morgan fingerprint density at radius 3 is 2.69 bits per heavy atom. The quantitative estimate of drug-likeness (QED) is 0.787. The lowest BCUT2D eigenvalue weighted by Crippen LogP contribution is -1.98. The molecule has 0 N–H and O–H groups in total. The van der Waals surface area contributed by atoms with Gasteiger partial charge in [-0.05, 0) is 28.1 Å². The molecule has 2 aromatic rings. The van der Waals surface area contributed by atoms with E-state index < -0.39 is 0 Å². The lowest BCUT2D eigenvalue weighted by atomic mass is 10.3. The molecule has 1 heterocycles.